The Bertz CT molecular complexity index is 1310. The predicted molar refractivity (Wildman–Crippen MR) is 121 cm³/mol. The zero-order valence-electron chi connectivity index (χ0n) is 18.2. The summed E-state index contributed by atoms with van der Waals surface area (Å²) in [5.74, 6) is -3.06. The van der Waals surface area contributed by atoms with Crippen LogP contribution in [0.3, 0.4) is 0 Å². The van der Waals surface area contributed by atoms with E-state index in [-0.39, 0.29) is 11.3 Å². The lowest BCUT2D eigenvalue weighted by Gasteiger charge is -2.16. The van der Waals surface area contributed by atoms with Crippen molar-refractivity contribution in [3.63, 3.8) is 0 Å². The number of hydrogen-bond acceptors (Lipinski definition) is 3. The van der Waals surface area contributed by atoms with Crippen LogP contribution in [0.4, 0.5) is 20.2 Å². The number of hydrogen-bond donors (Lipinski definition) is 1. The standard InChI is InChI=1S/C26H22F2N2O2/c1-14-5-7-18(11-16(14)3)23-24(29-20-9-6-15(2)17(4)12-20)26(32)30(25(23)31)22-13-19(27)8-10-21(22)28/h5-13,29H,1-4H3. The summed E-state index contributed by atoms with van der Waals surface area (Å²) >= 11 is 0. The maximum Gasteiger partial charge on any atom is 0.282 e. The third-order valence-electron chi connectivity index (χ3n) is 5.80. The van der Waals surface area contributed by atoms with E-state index < -0.39 is 29.1 Å². The number of aryl methyl sites for hydroxylation is 4. The molecule has 0 radical (unpaired) electrons. The number of nitrogens with zero attached hydrogens (tertiary/aromatic N) is 1. The van der Waals surface area contributed by atoms with Crippen molar-refractivity contribution < 1.29 is 18.4 Å². The van der Waals surface area contributed by atoms with Crippen LogP contribution in [-0.4, -0.2) is 11.8 Å². The molecule has 3 aromatic carbocycles. The van der Waals surface area contributed by atoms with Gasteiger partial charge in [0.05, 0.1) is 11.3 Å². The van der Waals surface area contributed by atoms with Gasteiger partial charge >= 0.3 is 0 Å². The minimum atomic E-state index is -0.861. The van der Waals surface area contributed by atoms with Gasteiger partial charge in [0.2, 0.25) is 0 Å². The molecule has 0 atom stereocenters. The number of benzene rings is 3. The molecular weight excluding hydrogens is 410 g/mol. The summed E-state index contributed by atoms with van der Waals surface area (Å²) in [6.07, 6.45) is 0. The minimum absolute atomic E-state index is 0.0187. The fourth-order valence-corrected chi connectivity index (χ4v) is 3.65. The van der Waals surface area contributed by atoms with E-state index in [4.69, 9.17) is 0 Å². The number of imide groups is 1. The quantitative estimate of drug-likeness (QED) is 0.547. The number of amides is 2. The first-order valence-electron chi connectivity index (χ1n) is 10.2. The highest BCUT2D eigenvalue weighted by molar-refractivity contribution is 6.46. The minimum Gasteiger partial charge on any atom is -0.350 e. The van der Waals surface area contributed by atoms with Gasteiger partial charge in [-0.05, 0) is 79.8 Å². The summed E-state index contributed by atoms with van der Waals surface area (Å²) in [7, 11) is 0. The Morgan fingerprint density at radius 2 is 1.38 bits per heavy atom. The van der Waals surface area contributed by atoms with Crippen molar-refractivity contribution in [2.75, 3.05) is 10.2 Å². The van der Waals surface area contributed by atoms with Crippen LogP contribution in [0.25, 0.3) is 5.57 Å². The van der Waals surface area contributed by atoms with E-state index in [2.05, 4.69) is 5.32 Å². The van der Waals surface area contributed by atoms with Crippen LogP contribution in [0.2, 0.25) is 0 Å². The van der Waals surface area contributed by atoms with Crippen molar-refractivity contribution in [1.29, 1.82) is 0 Å². The highest BCUT2D eigenvalue weighted by atomic mass is 19.1. The van der Waals surface area contributed by atoms with Crippen molar-refractivity contribution >= 4 is 28.8 Å². The van der Waals surface area contributed by atoms with Crippen molar-refractivity contribution in [3.05, 3.63) is 99.7 Å². The molecule has 1 heterocycles. The van der Waals surface area contributed by atoms with Crippen LogP contribution < -0.4 is 10.2 Å². The van der Waals surface area contributed by atoms with Gasteiger partial charge in [0, 0.05) is 11.8 Å². The summed E-state index contributed by atoms with van der Waals surface area (Å²) in [5, 5.41) is 3.06. The van der Waals surface area contributed by atoms with Gasteiger partial charge in [0.1, 0.15) is 17.3 Å². The van der Waals surface area contributed by atoms with E-state index in [1.807, 2.05) is 52.0 Å². The van der Waals surface area contributed by atoms with Crippen LogP contribution in [0.5, 0.6) is 0 Å². The number of anilines is 2. The lowest BCUT2D eigenvalue weighted by atomic mass is 9.99. The maximum atomic E-state index is 14.5. The Labute approximate surface area is 185 Å². The highest BCUT2D eigenvalue weighted by Crippen LogP contribution is 2.35. The fraction of sp³-hybridized carbons (Fsp3) is 0.154. The molecule has 1 aliphatic heterocycles. The normalized spacial score (nSPS) is 13.9. The molecule has 0 fully saturated rings. The summed E-state index contributed by atoms with van der Waals surface area (Å²) in [6, 6.07) is 13.7. The van der Waals surface area contributed by atoms with E-state index in [0.717, 1.165) is 40.5 Å². The van der Waals surface area contributed by atoms with Gasteiger partial charge in [-0.3, -0.25) is 9.59 Å². The predicted octanol–water partition coefficient (Wildman–Crippen LogP) is 5.60. The zero-order chi connectivity index (χ0) is 23.2. The zero-order valence-corrected chi connectivity index (χ0v) is 18.2. The summed E-state index contributed by atoms with van der Waals surface area (Å²) in [4.78, 5) is 27.5. The molecule has 0 aromatic heterocycles. The molecule has 4 nitrogen and oxygen atoms in total. The third kappa shape index (κ3) is 3.68. The number of halogens is 2. The van der Waals surface area contributed by atoms with E-state index >= 15 is 0 Å². The molecule has 0 saturated heterocycles. The van der Waals surface area contributed by atoms with Gasteiger partial charge in [-0.2, -0.15) is 0 Å². The molecule has 0 spiro atoms. The molecule has 0 aliphatic carbocycles. The second-order valence-electron chi connectivity index (χ2n) is 8.01. The van der Waals surface area contributed by atoms with Crippen LogP contribution in [0.1, 0.15) is 27.8 Å². The largest absolute Gasteiger partial charge is 0.350 e. The maximum absolute atomic E-state index is 14.5. The lowest BCUT2D eigenvalue weighted by molar-refractivity contribution is -0.120. The van der Waals surface area contributed by atoms with Gasteiger partial charge in [-0.15, -0.1) is 0 Å². The molecule has 4 rings (SSSR count). The molecule has 0 unspecified atom stereocenters. The average Bonchev–Trinajstić information content (AvgIpc) is 2.98. The molecule has 32 heavy (non-hydrogen) atoms. The second kappa shape index (κ2) is 8.04. The third-order valence-corrected chi connectivity index (χ3v) is 5.80. The van der Waals surface area contributed by atoms with Gasteiger partial charge in [0.15, 0.2) is 0 Å². The number of carbonyl (C=O) groups is 2. The first kappa shape index (κ1) is 21.4. The number of carbonyl (C=O) groups excluding carboxylic acids is 2. The summed E-state index contributed by atoms with van der Waals surface area (Å²) in [5.41, 5.74) is 4.91. The first-order valence-corrected chi connectivity index (χ1v) is 10.2. The fourth-order valence-electron chi connectivity index (χ4n) is 3.65. The number of rotatable bonds is 4. The van der Waals surface area contributed by atoms with Gasteiger partial charge in [0.25, 0.3) is 11.8 Å². The topological polar surface area (TPSA) is 49.4 Å². The molecule has 6 heteroatoms. The Hall–Kier alpha value is -3.80. The van der Waals surface area contributed by atoms with Gasteiger partial charge in [-0.1, -0.05) is 24.3 Å². The Morgan fingerprint density at radius 1 is 0.719 bits per heavy atom. The first-order chi connectivity index (χ1) is 15.2. The molecule has 0 saturated carbocycles. The van der Waals surface area contributed by atoms with E-state index in [1.54, 1.807) is 12.1 Å². The van der Waals surface area contributed by atoms with Gasteiger partial charge < -0.3 is 5.32 Å². The monoisotopic (exact) mass is 432 g/mol. The van der Waals surface area contributed by atoms with Crippen LogP contribution in [0, 0.1) is 39.3 Å². The van der Waals surface area contributed by atoms with Crippen molar-refractivity contribution in [1.82, 2.24) is 0 Å². The van der Waals surface area contributed by atoms with Crippen LogP contribution in [-0.2, 0) is 9.59 Å². The Kier molecular flexibility index (Phi) is 5.38. The smallest absolute Gasteiger partial charge is 0.282 e. The van der Waals surface area contributed by atoms with E-state index in [1.165, 1.54) is 0 Å². The van der Waals surface area contributed by atoms with E-state index in [9.17, 15) is 18.4 Å². The molecular formula is C26H22F2N2O2. The van der Waals surface area contributed by atoms with Crippen molar-refractivity contribution in [3.8, 4) is 0 Å². The molecule has 162 valence electrons. The molecule has 1 N–H and O–H groups in total. The molecule has 1 aliphatic rings. The Balaban J connectivity index is 1.88. The second-order valence-corrected chi connectivity index (χ2v) is 8.01. The van der Waals surface area contributed by atoms with E-state index in [0.29, 0.717) is 16.2 Å². The SMILES string of the molecule is Cc1ccc(NC2=C(c3ccc(C)c(C)c3)C(=O)N(c3cc(F)ccc3F)C2=O)cc1C. The highest BCUT2D eigenvalue weighted by Gasteiger charge is 2.41. The van der Waals surface area contributed by atoms with Crippen molar-refractivity contribution in [2.45, 2.75) is 27.7 Å². The number of nitrogens with one attached hydrogen (secondary N) is 1. The summed E-state index contributed by atoms with van der Waals surface area (Å²) < 4.78 is 28.4. The summed E-state index contributed by atoms with van der Waals surface area (Å²) in [6.45, 7) is 7.76. The Morgan fingerprint density at radius 3 is 2.03 bits per heavy atom. The lowest BCUT2D eigenvalue weighted by Crippen LogP contribution is -2.33. The average molecular weight is 432 g/mol. The van der Waals surface area contributed by atoms with Gasteiger partial charge in [-0.25, -0.2) is 13.7 Å². The molecule has 0 bridgehead atoms. The molecule has 2 amide bonds. The van der Waals surface area contributed by atoms with Crippen molar-refractivity contribution in [2.24, 2.45) is 0 Å². The molecule has 3 aromatic rings. The van der Waals surface area contributed by atoms with Crippen LogP contribution >= 0.6 is 0 Å². The van der Waals surface area contributed by atoms with Crippen LogP contribution in [0.15, 0.2) is 60.3 Å².